The van der Waals surface area contributed by atoms with Gasteiger partial charge < -0.3 is 15.5 Å². The van der Waals surface area contributed by atoms with Crippen molar-refractivity contribution in [1.82, 2.24) is 25.0 Å². The number of hydrogen-bond donors (Lipinski definition) is 4. The Hall–Kier alpha value is -3.56. The average molecular weight is 596 g/mol. The van der Waals surface area contributed by atoms with Gasteiger partial charge in [-0.05, 0) is 29.7 Å². The Bertz CT molecular complexity index is 1490. The highest BCUT2D eigenvalue weighted by Gasteiger charge is 2.54. The van der Waals surface area contributed by atoms with Crippen LogP contribution in [0, 0.1) is 0 Å². The molecule has 0 spiro atoms. The molecule has 1 saturated heterocycles. The number of aromatic amines is 1. The Balaban J connectivity index is 1.52. The molecule has 2 aliphatic heterocycles. The summed E-state index contributed by atoms with van der Waals surface area (Å²) in [6.07, 6.45) is 0.565. The number of aliphatic carboxylic acids is 2. The first-order chi connectivity index (χ1) is 18.5. The standard InChI is InChI=1S/C23H22ClN5O8S2/c1-2-7-28-19(33)17(31)26-27-23(28)39-9-11-8-38-20-14(18(32)29(20)15(11)22(36)37)25-16(30)13(21(34)35)10-3-5-12(24)6-4-10/h3-6,13-14,20H,2,7-9H2,1H3,(H,25,30)(H,26,31)(H,34,35)(H,36,37)/t13?,14?,20-/m1/s1. The Morgan fingerprint density at radius 1 is 1.23 bits per heavy atom. The molecule has 3 atom stereocenters. The van der Waals surface area contributed by atoms with Crippen molar-refractivity contribution >= 4 is 58.9 Å². The van der Waals surface area contributed by atoms with Crippen LogP contribution >= 0.6 is 35.1 Å². The third-order valence-electron chi connectivity index (χ3n) is 6.01. The third kappa shape index (κ3) is 5.60. The summed E-state index contributed by atoms with van der Waals surface area (Å²) in [4.78, 5) is 74.8. The zero-order valence-corrected chi connectivity index (χ0v) is 22.6. The number of fused-ring (bicyclic) bond motifs is 1. The number of hydrogen-bond acceptors (Lipinski definition) is 9. The van der Waals surface area contributed by atoms with E-state index in [1.807, 2.05) is 6.92 Å². The first-order valence-corrected chi connectivity index (χ1v) is 14.0. The molecule has 3 heterocycles. The molecule has 1 aromatic carbocycles. The summed E-state index contributed by atoms with van der Waals surface area (Å²) in [6.45, 7) is 2.07. The van der Waals surface area contributed by atoms with Crippen molar-refractivity contribution in [1.29, 1.82) is 0 Å². The molecule has 0 saturated carbocycles. The van der Waals surface area contributed by atoms with Crippen molar-refractivity contribution < 1.29 is 29.4 Å². The molecular weight excluding hydrogens is 574 g/mol. The summed E-state index contributed by atoms with van der Waals surface area (Å²) in [5.74, 6) is -5.70. The van der Waals surface area contributed by atoms with Crippen molar-refractivity contribution in [2.75, 3.05) is 11.5 Å². The van der Waals surface area contributed by atoms with E-state index in [4.69, 9.17) is 11.6 Å². The van der Waals surface area contributed by atoms with Crippen LogP contribution in [-0.2, 0) is 25.7 Å². The third-order valence-corrected chi connectivity index (χ3v) is 8.66. The van der Waals surface area contributed by atoms with Gasteiger partial charge in [0.15, 0.2) is 11.1 Å². The number of H-pyrrole nitrogens is 1. The van der Waals surface area contributed by atoms with E-state index in [0.29, 0.717) is 17.0 Å². The molecule has 4 rings (SSSR count). The van der Waals surface area contributed by atoms with Gasteiger partial charge in [-0.1, -0.05) is 42.4 Å². The van der Waals surface area contributed by atoms with E-state index in [1.54, 1.807) is 0 Å². The Labute approximate surface area is 233 Å². The summed E-state index contributed by atoms with van der Waals surface area (Å²) < 4.78 is 1.21. The quantitative estimate of drug-likeness (QED) is 0.131. The normalized spacial score (nSPS) is 19.2. The summed E-state index contributed by atoms with van der Waals surface area (Å²) in [7, 11) is 0. The van der Waals surface area contributed by atoms with E-state index in [-0.39, 0.29) is 34.5 Å². The fourth-order valence-electron chi connectivity index (χ4n) is 4.19. The molecule has 0 bridgehead atoms. The highest BCUT2D eigenvalue weighted by Crippen LogP contribution is 2.41. The van der Waals surface area contributed by atoms with Crippen LogP contribution in [0.5, 0.6) is 0 Å². The lowest BCUT2D eigenvalue weighted by atomic mass is 9.96. The Morgan fingerprint density at radius 3 is 2.54 bits per heavy atom. The van der Waals surface area contributed by atoms with E-state index < -0.39 is 52.2 Å². The lowest BCUT2D eigenvalue weighted by Gasteiger charge is -2.49. The fourth-order valence-corrected chi connectivity index (χ4v) is 6.77. The molecule has 4 N–H and O–H groups in total. The number of thioether (sulfide) groups is 2. The number of carboxylic acid groups (broad SMARTS) is 2. The summed E-state index contributed by atoms with van der Waals surface area (Å²) >= 11 is 8.10. The summed E-state index contributed by atoms with van der Waals surface area (Å²) in [5.41, 5.74) is -1.32. The number of β-lactam (4-membered cyclic amide) rings is 1. The molecule has 2 amide bonds. The van der Waals surface area contributed by atoms with Crippen molar-refractivity contribution in [2.45, 2.75) is 42.4 Å². The zero-order chi connectivity index (χ0) is 28.4. The monoisotopic (exact) mass is 595 g/mol. The number of halogens is 1. The Kier molecular flexibility index (Phi) is 8.51. The second-order valence-electron chi connectivity index (χ2n) is 8.56. The van der Waals surface area contributed by atoms with Gasteiger partial charge in [-0.3, -0.25) is 33.4 Å². The zero-order valence-electron chi connectivity index (χ0n) is 20.2. The fraction of sp³-hybridized carbons (Fsp3) is 0.348. The number of nitrogens with one attached hydrogen (secondary N) is 2. The van der Waals surface area contributed by atoms with Gasteiger partial charge in [0, 0.05) is 23.1 Å². The number of rotatable bonds is 10. The minimum absolute atomic E-state index is 0.0714. The molecule has 0 radical (unpaired) electrons. The van der Waals surface area contributed by atoms with Crippen LogP contribution < -0.4 is 16.4 Å². The number of amides is 2. The first-order valence-electron chi connectivity index (χ1n) is 11.6. The lowest BCUT2D eigenvalue weighted by Crippen LogP contribution is -2.71. The second-order valence-corrected chi connectivity index (χ2v) is 11.0. The minimum Gasteiger partial charge on any atom is -0.480 e. The predicted molar refractivity (Wildman–Crippen MR) is 142 cm³/mol. The van der Waals surface area contributed by atoms with Crippen molar-refractivity contribution in [2.24, 2.45) is 0 Å². The molecule has 0 aliphatic carbocycles. The number of aromatic nitrogens is 3. The first kappa shape index (κ1) is 28.4. The highest BCUT2D eigenvalue weighted by molar-refractivity contribution is 8.01. The van der Waals surface area contributed by atoms with Crippen LogP contribution in [0.2, 0.25) is 5.02 Å². The molecule has 2 aliphatic rings. The van der Waals surface area contributed by atoms with Crippen LogP contribution in [0.3, 0.4) is 0 Å². The van der Waals surface area contributed by atoms with Crippen LogP contribution in [-0.4, -0.2) is 76.6 Å². The highest BCUT2D eigenvalue weighted by atomic mass is 35.5. The molecule has 1 aromatic heterocycles. The minimum atomic E-state index is -1.59. The predicted octanol–water partition coefficient (Wildman–Crippen LogP) is 0.694. The van der Waals surface area contributed by atoms with Gasteiger partial charge in [-0.25, -0.2) is 9.89 Å². The van der Waals surface area contributed by atoms with Crippen LogP contribution in [0.4, 0.5) is 0 Å². The number of carboxylic acids is 2. The van der Waals surface area contributed by atoms with Crippen LogP contribution in [0.1, 0.15) is 24.8 Å². The van der Waals surface area contributed by atoms with Gasteiger partial charge in [0.1, 0.15) is 17.1 Å². The lowest BCUT2D eigenvalue weighted by molar-refractivity contribution is -0.152. The molecule has 206 valence electrons. The summed E-state index contributed by atoms with van der Waals surface area (Å²) in [6, 6.07) is 4.58. The van der Waals surface area contributed by atoms with E-state index in [0.717, 1.165) is 16.7 Å². The van der Waals surface area contributed by atoms with Crippen molar-refractivity contribution in [3.63, 3.8) is 0 Å². The molecule has 2 aromatic rings. The van der Waals surface area contributed by atoms with Gasteiger partial charge in [0.05, 0.1) is 0 Å². The van der Waals surface area contributed by atoms with Crippen LogP contribution in [0.15, 0.2) is 50.3 Å². The second kappa shape index (κ2) is 11.7. The van der Waals surface area contributed by atoms with Gasteiger partial charge >= 0.3 is 23.1 Å². The molecule has 16 heteroatoms. The van der Waals surface area contributed by atoms with Gasteiger partial charge in [-0.2, -0.15) is 0 Å². The molecule has 13 nitrogen and oxygen atoms in total. The maximum absolute atomic E-state index is 13.0. The largest absolute Gasteiger partial charge is 0.480 e. The van der Waals surface area contributed by atoms with E-state index in [9.17, 15) is 39.0 Å². The summed E-state index contributed by atoms with van der Waals surface area (Å²) in [5, 5.41) is 27.8. The SMILES string of the molecule is CCCn1c(SCC2=C(C(=O)O)N3C(=O)C(NC(=O)C(C(=O)O)c4ccc(Cl)cc4)[C@H]3SC2)n[nH]c(=O)c1=O. The Morgan fingerprint density at radius 2 is 1.92 bits per heavy atom. The van der Waals surface area contributed by atoms with Gasteiger partial charge in [-0.15, -0.1) is 16.9 Å². The topological polar surface area (TPSA) is 192 Å². The smallest absolute Gasteiger partial charge is 0.352 e. The number of benzene rings is 1. The number of nitrogens with zero attached hydrogens (tertiary/aromatic N) is 3. The maximum Gasteiger partial charge on any atom is 0.352 e. The van der Waals surface area contributed by atoms with E-state index >= 15 is 0 Å². The van der Waals surface area contributed by atoms with Crippen LogP contribution in [0.25, 0.3) is 0 Å². The molecule has 1 fully saturated rings. The van der Waals surface area contributed by atoms with Crippen molar-refractivity contribution in [3.8, 4) is 0 Å². The van der Waals surface area contributed by atoms with Crippen molar-refractivity contribution in [3.05, 3.63) is 66.8 Å². The molecule has 2 unspecified atom stereocenters. The average Bonchev–Trinajstić information content (AvgIpc) is 2.90. The number of carbonyl (C=O) groups is 4. The maximum atomic E-state index is 13.0. The van der Waals surface area contributed by atoms with E-state index in [2.05, 4.69) is 15.5 Å². The van der Waals surface area contributed by atoms with E-state index in [1.165, 1.54) is 40.6 Å². The van der Waals surface area contributed by atoms with Gasteiger partial charge in [0.2, 0.25) is 5.91 Å². The van der Waals surface area contributed by atoms with Gasteiger partial charge in [0.25, 0.3) is 5.91 Å². The molecule has 39 heavy (non-hydrogen) atoms. The molecular formula is C23H22ClN5O8S2. The number of carbonyl (C=O) groups excluding carboxylic acids is 2.